The number of ether oxygens (including phenoxy) is 1. The first-order chi connectivity index (χ1) is 7.79. The molecule has 0 saturated heterocycles. The minimum Gasteiger partial charge on any atom is -0.461 e. The first-order valence-electron chi connectivity index (χ1n) is 5.02. The number of aryl methyl sites for hydroxylation is 2. The summed E-state index contributed by atoms with van der Waals surface area (Å²) in [5.41, 5.74) is 0.0388. The Morgan fingerprint density at radius 3 is 2.59 bits per heavy atom. The molecule has 0 saturated carbocycles. The van der Waals surface area contributed by atoms with E-state index in [0.717, 1.165) is 4.68 Å². The van der Waals surface area contributed by atoms with Crippen molar-refractivity contribution in [3.63, 3.8) is 0 Å². The number of rotatable bonds is 4. The molecule has 0 amide bonds. The molecule has 2 N–H and O–H groups in total. The molecule has 1 rings (SSSR count). The van der Waals surface area contributed by atoms with E-state index in [2.05, 4.69) is 5.10 Å². The largest absolute Gasteiger partial charge is 0.461 e. The third-order valence-corrected chi connectivity index (χ3v) is 3.14. The van der Waals surface area contributed by atoms with E-state index >= 15 is 0 Å². The Kier molecular flexibility index (Phi) is 3.89. The lowest BCUT2D eigenvalue weighted by molar-refractivity contribution is 0.0487. The standard InChI is InChI=1S/C9H15N3O4S/c1-4-5-16-9(13)7-8(17(10,14)15)6(2)11-12(7)3/h4-5H2,1-3H3,(H2,10,14,15). The minimum absolute atomic E-state index is 0.140. The van der Waals surface area contributed by atoms with Gasteiger partial charge in [0.25, 0.3) is 0 Å². The number of sulfonamides is 1. The van der Waals surface area contributed by atoms with Gasteiger partial charge in [0.1, 0.15) is 4.90 Å². The number of nitrogens with two attached hydrogens (primary N) is 1. The average molecular weight is 261 g/mol. The number of hydrogen-bond acceptors (Lipinski definition) is 5. The van der Waals surface area contributed by atoms with Crippen LogP contribution in [0.2, 0.25) is 0 Å². The number of primary sulfonamides is 1. The van der Waals surface area contributed by atoms with Gasteiger partial charge in [0, 0.05) is 7.05 Å². The van der Waals surface area contributed by atoms with E-state index in [0.29, 0.717) is 6.42 Å². The molecule has 0 aliphatic heterocycles. The van der Waals surface area contributed by atoms with E-state index in [1.54, 1.807) is 0 Å². The molecule has 0 spiro atoms. The van der Waals surface area contributed by atoms with E-state index in [1.807, 2.05) is 6.92 Å². The molecule has 8 heteroatoms. The van der Waals surface area contributed by atoms with Gasteiger partial charge in [-0.25, -0.2) is 18.4 Å². The van der Waals surface area contributed by atoms with Crippen LogP contribution in [0.4, 0.5) is 0 Å². The van der Waals surface area contributed by atoms with E-state index in [9.17, 15) is 13.2 Å². The topological polar surface area (TPSA) is 104 Å². The predicted molar refractivity (Wildman–Crippen MR) is 59.9 cm³/mol. The summed E-state index contributed by atoms with van der Waals surface area (Å²) in [5, 5.41) is 8.91. The fourth-order valence-corrected chi connectivity index (χ4v) is 2.40. The predicted octanol–water partition coefficient (Wildman–Crippen LogP) is -0.0573. The van der Waals surface area contributed by atoms with Gasteiger partial charge >= 0.3 is 5.97 Å². The lowest BCUT2D eigenvalue weighted by atomic mass is 10.3. The number of carbonyl (C=O) groups excluding carboxylic acids is 1. The van der Waals surface area contributed by atoms with Crippen LogP contribution in [0.15, 0.2) is 4.90 Å². The molecule has 0 bridgehead atoms. The minimum atomic E-state index is -4.00. The Bertz CT molecular complexity index is 533. The molecule has 1 heterocycles. The summed E-state index contributed by atoms with van der Waals surface area (Å²) in [7, 11) is -2.54. The van der Waals surface area contributed by atoms with Gasteiger partial charge in [-0.1, -0.05) is 6.92 Å². The third kappa shape index (κ3) is 2.83. The molecule has 1 aromatic rings. The van der Waals surface area contributed by atoms with Crippen LogP contribution < -0.4 is 5.14 Å². The monoisotopic (exact) mass is 261 g/mol. The van der Waals surface area contributed by atoms with Crippen LogP contribution in [0.25, 0.3) is 0 Å². The molecule has 0 unspecified atom stereocenters. The number of hydrogen-bond donors (Lipinski definition) is 1. The Balaban J connectivity index is 3.28. The molecule has 0 aromatic carbocycles. The lowest BCUT2D eigenvalue weighted by Gasteiger charge is -2.05. The Labute approximate surface area is 99.6 Å². The van der Waals surface area contributed by atoms with E-state index in [1.165, 1.54) is 14.0 Å². The molecular formula is C9H15N3O4S. The number of nitrogens with zero attached hydrogens (tertiary/aromatic N) is 2. The highest BCUT2D eigenvalue weighted by molar-refractivity contribution is 7.89. The van der Waals surface area contributed by atoms with Crippen LogP contribution in [0.1, 0.15) is 29.5 Å². The molecular weight excluding hydrogens is 246 g/mol. The Morgan fingerprint density at radius 2 is 2.12 bits per heavy atom. The van der Waals surface area contributed by atoms with Gasteiger partial charge in [0.2, 0.25) is 10.0 Å². The molecule has 1 aromatic heterocycles. The van der Waals surface area contributed by atoms with Crippen molar-refractivity contribution in [2.75, 3.05) is 6.61 Å². The second-order valence-corrected chi connectivity index (χ2v) is 5.07. The number of carbonyl (C=O) groups is 1. The fraction of sp³-hybridized carbons (Fsp3) is 0.556. The SMILES string of the molecule is CCCOC(=O)c1c(S(N)(=O)=O)c(C)nn1C. The van der Waals surface area contributed by atoms with Crippen molar-refractivity contribution in [1.29, 1.82) is 0 Å². The van der Waals surface area contributed by atoms with Crippen molar-refractivity contribution in [3.05, 3.63) is 11.4 Å². The van der Waals surface area contributed by atoms with Crippen LogP contribution >= 0.6 is 0 Å². The van der Waals surface area contributed by atoms with Crippen LogP contribution in [0.3, 0.4) is 0 Å². The molecule has 0 aliphatic carbocycles. The summed E-state index contributed by atoms with van der Waals surface area (Å²) in [6.07, 6.45) is 0.646. The zero-order chi connectivity index (χ0) is 13.2. The van der Waals surface area contributed by atoms with Gasteiger partial charge in [0.05, 0.1) is 12.3 Å². The summed E-state index contributed by atoms with van der Waals surface area (Å²) in [5.74, 6) is -0.737. The molecule has 96 valence electrons. The molecule has 0 atom stereocenters. The smallest absolute Gasteiger partial charge is 0.358 e. The fourth-order valence-electron chi connectivity index (χ4n) is 1.47. The van der Waals surface area contributed by atoms with Crippen LogP contribution in [-0.2, 0) is 21.8 Å². The van der Waals surface area contributed by atoms with Gasteiger partial charge in [-0.15, -0.1) is 0 Å². The molecule has 0 fully saturated rings. The van der Waals surface area contributed by atoms with Crippen molar-refractivity contribution in [2.24, 2.45) is 12.2 Å². The Hall–Kier alpha value is -1.41. The normalized spacial score (nSPS) is 11.5. The van der Waals surface area contributed by atoms with Gasteiger partial charge in [0.15, 0.2) is 5.69 Å². The zero-order valence-electron chi connectivity index (χ0n) is 9.93. The second kappa shape index (κ2) is 4.84. The molecule has 7 nitrogen and oxygen atoms in total. The van der Waals surface area contributed by atoms with Crippen molar-refractivity contribution >= 4 is 16.0 Å². The van der Waals surface area contributed by atoms with Gasteiger partial charge < -0.3 is 4.74 Å². The zero-order valence-corrected chi connectivity index (χ0v) is 10.7. The van der Waals surface area contributed by atoms with Gasteiger partial charge in [-0.05, 0) is 13.3 Å². The highest BCUT2D eigenvalue weighted by Gasteiger charge is 2.28. The summed E-state index contributed by atoms with van der Waals surface area (Å²) in [6, 6.07) is 0. The first kappa shape index (κ1) is 13.7. The maximum atomic E-state index is 11.7. The van der Waals surface area contributed by atoms with Crippen molar-refractivity contribution < 1.29 is 17.9 Å². The maximum Gasteiger partial charge on any atom is 0.358 e. The third-order valence-electron chi connectivity index (χ3n) is 2.08. The van der Waals surface area contributed by atoms with Crippen LogP contribution in [-0.4, -0.2) is 30.8 Å². The second-order valence-electron chi connectivity index (χ2n) is 3.57. The number of aromatic nitrogens is 2. The highest BCUT2D eigenvalue weighted by Crippen LogP contribution is 2.18. The number of esters is 1. The summed E-state index contributed by atoms with van der Waals surface area (Å²) in [6.45, 7) is 3.52. The van der Waals surface area contributed by atoms with Crippen LogP contribution in [0, 0.1) is 6.92 Å². The molecule has 0 radical (unpaired) electrons. The lowest BCUT2D eigenvalue weighted by Crippen LogP contribution is -2.19. The van der Waals surface area contributed by atoms with Crippen molar-refractivity contribution in [2.45, 2.75) is 25.2 Å². The molecule has 17 heavy (non-hydrogen) atoms. The Morgan fingerprint density at radius 1 is 1.53 bits per heavy atom. The maximum absolute atomic E-state index is 11.7. The van der Waals surface area contributed by atoms with E-state index in [-0.39, 0.29) is 22.9 Å². The first-order valence-corrected chi connectivity index (χ1v) is 6.57. The van der Waals surface area contributed by atoms with Crippen molar-refractivity contribution in [3.8, 4) is 0 Å². The highest BCUT2D eigenvalue weighted by atomic mass is 32.2. The summed E-state index contributed by atoms with van der Waals surface area (Å²) >= 11 is 0. The quantitative estimate of drug-likeness (QED) is 0.765. The van der Waals surface area contributed by atoms with E-state index in [4.69, 9.17) is 9.88 Å². The van der Waals surface area contributed by atoms with Crippen molar-refractivity contribution in [1.82, 2.24) is 9.78 Å². The van der Waals surface area contributed by atoms with Crippen LogP contribution in [0.5, 0.6) is 0 Å². The molecule has 0 aliphatic rings. The average Bonchev–Trinajstić information content (AvgIpc) is 2.49. The van der Waals surface area contributed by atoms with E-state index < -0.39 is 16.0 Å². The summed E-state index contributed by atoms with van der Waals surface area (Å²) < 4.78 is 28.8. The summed E-state index contributed by atoms with van der Waals surface area (Å²) in [4.78, 5) is 11.4. The van der Waals surface area contributed by atoms with Gasteiger partial charge in [-0.3, -0.25) is 4.68 Å². The van der Waals surface area contributed by atoms with Gasteiger partial charge in [-0.2, -0.15) is 5.10 Å².